The number of hydrogen-bond donors (Lipinski definition) is 0. The maximum Gasteiger partial charge on any atom is 0.119 e. The molecule has 12 aliphatic carbocycles. The Labute approximate surface area is 499 Å². The largest absolute Gasteiger partial charge is 0.491 e. The summed E-state index contributed by atoms with van der Waals surface area (Å²) in [6, 6.07) is 59.8. The van der Waals surface area contributed by atoms with Gasteiger partial charge in [-0.05, 0) is 272 Å². The van der Waals surface area contributed by atoms with Crippen LogP contribution in [0.3, 0.4) is 0 Å². The van der Waals surface area contributed by atoms with E-state index in [4.69, 9.17) is 28.4 Å². The van der Waals surface area contributed by atoms with Crippen molar-refractivity contribution in [3.63, 3.8) is 0 Å². The Hall–Kier alpha value is -6.18. The molecule has 12 fully saturated rings. The molecule has 12 bridgehead atoms. The molecule has 0 aromatic heterocycles. The third kappa shape index (κ3) is 11.0. The van der Waals surface area contributed by atoms with Crippen LogP contribution in [-0.4, -0.2) is 56.4 Å². The summed E-state index contributed by atoms with van der Waals surface area (Å²) >= 11 is 0. The van der Waals surface area contributed by atoms with E-state index < -0.39 is 0 Å². The Morgan fingerprint density at radius 1 is 0.238 bits per heavy atom. The van der Waals surface area contributed by atoms with Crippen LogP contribution in [0, 0.1) is 53.3 Å². The molecule has 12 saturated carbocycles. The highest BCUT2D eigenvalue weighted by atomic mass is 16.5. The molecular formula is C78H84O6. The van der Waals surface area contributed by atoms with Gasteiger partial charge in [0.25, 0.3) is 0 Å². The van der Waals surface area contributed by atoms with Crippen LogP contribution in [0.4, 0.5) is 0 Å². The molecule has 432 valence electrons. The van der Waals surface area contributed by atoms with Gasteiger partial charge >= 0.3 is 0 Å². The van der Waals surface area contributed by atoms with Crippen LogP contribution < -0.4 is 14.2 Å². The van der Waals surface area contributed by atoms with E-state index in [2.05, 4.69) is 164 Å². The molecule has 6 nitrogen and oxygen atoms in total. The van der Waals surface area contributed by atoms with Crippen LogP contribution in [0.15, 0.2) is 164 Å². The molecule has 0 atom stereocenters. The zero-order valence-corrected chi connectivity index (χ0v) is 49.2. The van der Waals surface area contributed by atoms with Crippen molar-refractivity contribution in [2.75, 3.05) is 39.6 Å². The molecule has 19 rings (SSSR count). The van der Waals surface area contributed by atoms with Gasteiger partial charge in [0, 0.05) is 0 Å². The van der Waals surface area contributed by atoms with Gasteiger partial charge in [-0.15, -0.1) is 0 Å². The summed E-state index contributed by atoms with van der Waals surface area (Å²) in [4.78, 5) is 0. The predicted molar refractivity (Wildman–Crippen MR) is 336 cm³/mol. The first-order valence-electron chi connectivity index (χ1n) is 32.8. The Morgan fingerprint density at radius 2 is 0.452 bits per heavy atom. The van der Waals surface area contributed by atoms with Crippen molar-refractivity contribution in [3.8, 4) is 84.0 Å². The standard InChI is InChI=1S/C78H84O6/c1-2-73(67-10-4-61(5-11-67)64-16-22-70(23-17-64)79-28-31-82-76-43-52-34-53(44-76)36-54(35-52)45-76)75(69-14-8-63(9-15-69)66-20-26-72(27-21-66)81-30-33-84-78-49-58-40-59(50-78)42-60(41-58)51-78)74(3-1)68-12-6-62(7-13-68)65-18-24-71(25-19-65)80-29-32-83-77-46-55-37-56(47-77)39-57(38-55)48-77/h1-27,52-60H,28-51H2. The summed E-state index contributed by atoms with van der Waals surface area (Å²) < 4.78 is 38.8. The summed E-state index contributed by atoms with van der Waals surface area (Å²) in [7, 11) is 0. The van der Waals surface area contributed by atoms with Gasteiger partial charge in [-0.3, -0.25) is 0 Å². The molecule has 12 aliphatic rings. The van der Waals surface area contributed by atoms with Crippen molar-refractivity contribution in [2.24, 2.45) is 53.3 Å². The van der Waals surface area contributed by atoms with Gasteiger partial charge in [0.15, 0.2) is 0 Å². The Bertz CT molecular complexity index is 3150. The highest BCUT2D eigenvalue weighted by molar-refractivity contribution is 5.95. The summed E-state index contributed by atoms with van der Waals surface area (Å²) in [6.45, 7) is 3.76. The van der Waals surface area contributed by atoms with E-state index in [9.17, 15) is 0 Å². The van der Waals surface area contributed by atoms with E-state index >= 15 is 0 Å². The number of rotatable bonds is 21. The Balaban J connectivity index is 0.601. The molecule has 7 aromatic carbocycles. The molecule has 0 saturated heterocycles. The SMILES string of the molecule is c1cc(-c2ccc(-c3ccc(OCCOC45CC6CC(CC(C6)C4)C5)cc3)cc2)c(-c2ccc(-c3ccc(OCCOC45CC6CC(CC(C6)C4)C5)cc3)cc2)c(-c2ccc(-c3ccc(OCCOC45CC6CC(CC(C6)C4)C5)cc3)cc2)c1. The lowest BCUT2D eigenvalue weighted by Gasteiger charge is -2.56. The summed E-state index contributed by atoms with van der Waals surface area (Å²) in [6.07, 6.45) is 24.2. The highest BCUT2D eigenvalue weighted by Gasteiger charge is 2.54. The zero-order valence-electron chi connectivity index (χ0n) is 49.2. The molecule has 0 aliphatic heterocycles. The van der Waals surface area contributed by atoms with E-state index in [1.165, 1.54) is 182 Å². The number of benzene rings is 7. The lowest BCUT2D eigenvalue weighted by molar-refractivity contribution is -0.165. The lowest BCUT2D eigenvalue weighted by Crippen LogP contribution is -2.52. The second-order valence-electron chi connectivity index (χ2n) is 28.4. The third-order valence-electron chi connectivity index (χ3n) is 22.4. The Kier molecular flexibility index (Phi) is 14.1. The normalized spacial score (nSPS) is 30.9. The second-order valence-corrected chi connectivity index (χ2v) is 28.4. The first kappa shape index (κ1) is 53.3. The van der Waals surface area contributed by atoms with Crippen molar-refractivity contribution in [3.05, 3.63) is 164 Å². The molecule has 0 spiro atoms. The molecule has 0 heterocycles. The molecule has 6 heteroatoms. The molecule has 0 amide bonds. The van der Waals surface area contributed by atoms with Crippen LogP contribution in [0.2, 0.25) is 0 Å². The van der Waals surface area contributed by atoms with Crippen LogP contribution in [-0.2, 0) is 14.2 Å². The van der Waals surface area contributed by atoms with Crippen LogP contribution in [0.25, 0.3) is 66.8 Å². The van der Waals surface area contributed by atoms with Crippen molar-refractivity contribution < 1.29 is 28.4 Å². The minimum Gasteiger partial charge on any atom is -0.491 e. The van der Waals surface area contributed by atoms with E-state index in [-0.39, 0.29) is 16.8 Å². The van der Waals surface area contributed by atoms with Crippen molar-refractivity contribution in [2.45, 2.75) is 132 Å². The van der Waals surface area contributed by atoms with Crippen molar-refractivity contribution in [1.29, 1.82) is 0 Å². The maximum absolute atomic E-state index is 6.66. The fraction of sp³-hybridized carbons (Fsp3) is 0.462. The highest BCUT2D eigenvalue weighted by Crippen LogP contribution is 2.60. The summed E-state index contributed by atoms with van der Waals surface area (Å²) in [5.74, 6) is 10.7. The summed E-state index contributed by atoms with van der Waals surface area (Å²) in [5.41, 5.74) is 14.5. The van der Waals surface area contributed by atoms with Crippen LogP contribution in [0.1, 0.15) is 116 Å². The first-order chi connectivity index (χ1) is 41.3. The van der Waals surface area contributed by atoms with Crippen LogP contribution in [0.5, 0.6) is 17.2 Å². The molecule has 0 unspecified atom stereocenters. The minimum atomic E-state index is 0.116. The van der Waals surface area contributed by atoms with Crippen molar-refractivity contribution in [1.82, 2.24) is 0 Å². The van der Waals surface area contributed by atoms with Gasteiger partial charge < -0.3 is 28.4 Å². The van der Waals surface area contributed by atoms with E-state index in [1.807, 2.05) is 0 Å². The monoisotopic (exact) mass is 1120 g/mol. The van der Waals surface area contributed by atoms with E-state index in [1.54, 1.807) is 0 Å². The van der Waals surface area contributed by atoms with Gasteiger partial charge in [0.2, 0.25) is 0 Å². The third-order valence-corrected chi connectivity index (χ3v) is 22.4. The second kappa shape index (κ2) is 22.3. The zero-order chi connectivity index (χ0) is 55.7. The average Bonchev–Trinajstić information content (AvgIpc) is 1.89. The molecule has 84 heavy (non-hydrogen) atoms. The van der Waals surface area contributed by atoms with Crippen molar-refractivity contribution >= 4 is 0 Å². The van der Waals surface area contributed by atoms with Gasteiger partial charge in [0.05, 0.1) is 36.6 Å². The lowest BCUT2D eigenvalue weighted by atomic mass is 9.54. The quantitative estimate of drug-likeness (QED) is 0.0669. The van der Waals surface area contributed by atoms with Gasteiger partial charge in [-0.25, -0.2) is 0 Å². The van der Waals surface area contributed by atoms with Crippen LogP contribution >= 0.6 is 0 Å². The molecule has 0 N–H and O–H groups in total. The predicted octanol–water partition coefficient (Wildman–Crippen LogP) is 18.8. The fourth-order valence-corrected chi connectivity index (χ4v) is 20.0. The topological polar surface area (TPSA) is 55.4 Å². The fourth-order valence-electron chi connectivity index (χ4n) is 20.0. The Morgan fingerprint density at radius 3 is 0.702 bits per heavy atom. The van der Waals surface area contributed by atoms with E-state index in [0.717, 1.165) is 70.5 Å². The average molecular weight is 1120 g/mol. The minimum absolute atomic E-state index is 0.116. The number of hydrogen-bond acceptors (Lipinski definition) is 6. The molecular weight excluding hydrogens is 1030 g/mol. The van der Waals surface area contributed by atoms with Gasteiger partial charge in [-0.2, -0.15) is 0 Å². The smallest absolute Gasteiger partial charge is 0.119 e. The maximum atomic E-state index is 6.66. The van der Waals surface area contributed by atoms with Gasteiger partial charge in [0.1, 0.15) is 37.1 Å². The molecule has 0 radical (unpaired) electrons. The first-order valence-corrected chi connectivity index (χ1v) is 32.8. The van der Waals surface area contributed by atoms with E-state index in [0.29, 0.717) is 39.6 Å². The summed E-state index contributed by atoms with van der Waals surface area (Å²) in [5, 5.41) is 0. The van der Waals surface area contributed by atoms with Gasteiger partial charge in [-0.1, -0.05) is 127 Å². The molecule has 7 aromatic rings. The number of ether oxygens (including phenoxy) is 6.